The zero-order valence-corrected chi connectivity index (χ0v) is 7.83. The van der Waals surface area contributed by atoms with Crippen LogP contribution < -0.4 is 0 Å². The van der Waals surface area contributed by atoms with Gasteiger partial charge in [0.25, 0.3) is 0 Å². The van der Waals surface area contributed by atoms with Crippen LogP contribution in [0.1, 0.15) is 13.8 Å². The molecule has 3 nitrogen and oxygen atoms in total. The molecule has 0 aliphatic carbocycles. The molecular weight excluding hydrogens is 168 g/mol. The highest BCUT2D eigenvalue weighted by molar-refractivity contribution is 8.12. The topological polar surface area (TPSA) is 32.7 Å². The standard InChI is InChI=1S/C5H10N2OS2/c1-4(2)5(8)7(3)6-10-9/h4H,1-3H3. The highest BCUT2D eigenvalue weighted by Gasteiger charge is 2.10. The second kappa shape index (κ2) is 4.51. The molecule has 0 fully saturated rings. The summed E-state index contributed by atoms with van der Waals surface area (Å²) in [5.74, 6) is -0.0340. The van der Waals surface area contributed by atoms with E-state index in [9.17, 15) is 4.79 Å². The quantitative estimate of drug-likeness (QED) is 0.584. The molecule has 0 saturated carbocycles. The lowest BCUT2D eigenvalue weighted by atomic mass is 10.2. The maximum Gasteiger partial charge on any atom is 0.245 e. The summed E-state index contributed by atoms with van der Waals surface area (Å²) in [7, 11) is 2.47. The second-order valence-electron chi connectivity index (χ2n) is 2.17. The van der Waals surface area contributed by atoms with Gasteiger partial charge in [0.15, 0.2) is 0 Å². The summed E-state index contributed by atoms with van der Waals surface area (Å²) in [5, 5.41) is 1.27. The monoisotopic (exact) mass is 178 g/mol. The first-order valence-corrected chi connectivity index (χ1v) is 4.57. The van der Waals surface area contributed by atoms with Crippen LogP contribution in [0.3, 0.4) is 0 Å². The summed E-state index contributed by atoms with van der Waals surface area (Å²) in [6.07, 6.45) is 0. The third-order valence-corrected chi connectivity index (χ3v) is 1.48. The molecule has 0 spiro atoms. The van der Waals surface area contributed by atoms with Gasteiger partial charge in [-0.2, -0.15) is 0 Å². The number of carbonyl (C=O) groups is 1. The molecule has 0 aliphatic rings. The van der Waals surface area contributed by atoms with E-state index in [1.54, 1.807) is 7.05 Å². The minimum atomic E-state index is -0.0177. The number of amides is 1. The Labute approximate surface area is 68.8 Å². The van der Waals surface area contributed by atoms with Gasteiger partial charge in [-0.3, -0.25) is 4.79 Å². The van der Waals surface area contributed by atoms with Gasteiger partial charge in [0.1, 0.15) is 0 Å². The van der Waals surface area contributed by atoms with Crippen molar-refractivity contribution in [3.63, 3.8) is 0 Å². The molecule has 0 aromatic rings. The van der Waals surface area contributed by atoms with Gasteiger partial charge < -0.3 is 0 Å². The van der Waals surface area contributed by atoms with Crippen molar-refractivity contribution in [2.45, 2.75) is 13.8 Å². The van der Waals surface area contributed by atoms with Crippen molar-refractivity contribution in [2.24, 2.45) is 10.4 Å². The zero-order chi connectivity index (χ0) is 8.15. The van der Waals surface area contributed by atoms with Crippen molar-refractivity contribution in [1.82, 2.24) is 5.01 Å². The van der Waals surface area contributed by atoms with E-state index in [1.807, 2.05) is 13.8 Å². The Bertz CT molecular complexity index is 174. The van der Waals surface area contributed by atoms with Crippen molar-refractivity contribution in [3.8, 4) is 0 Å². The van der Waals surface area contributed by atoms with E-state index in [-0.39, 0.29) is 11.8 Å². The van der Waals surface area contributed by atoms with Crippen LogP contribution in [-0.2, 0) is 26.1 Å². The Morgan fingerprint density at radius 2 is 2.20 bits per heavy atom. The molecule has 0 unspecified atom stereocenters. The highest BCUT2D eigenvalue weighted by Crippen LogP contribution is 1.97. The van der Waals surface area contributed by atoms with Gasteiger partial charge in [0, 0.05) is 24.2 Å². The summed E-state index contributed by atoms with van der Waals surface area (Å²) >= 11 is 4.49. The van der Waals surface area contributed by atoms with Gasteiger partial charge in [-0.05, 0) is 0 Å². The van der Waals surface area contributed by atoms with Crippen molar-refractivity contribution in [2.75, 3.05) is 7.05 Å². The van der Waals surface area contributed by atoms with E-state index in [0.717, 1.165) is 10.1 Å². The minimum absolute atomic E-state index is 0.0163. The largest absolute Gasteiger partial charge is 0.273 e. The number of hydrogen-bond acceptors (Lipinski definition) is 3. The van der Waals surface area contributed by atoms with Gasteiger partial charge in [-0.15, -0.1) is 0 Å². The third kappa shape index (κ3) is 3.03. The van der Waals surface area contributed by atoms with Crippen LogP contribution in [-0.4, -0.2) is 18.0 Å². The van der Waals surface area contributed by atoms with Gasteiger partial charge in [0.05, 0.1) is 10.1 Å². The molecule has 0 aromatic heterocycles. The first kappa shape index (κ1) is 9.71. The molecule has 0 radical (unpaired) electrons. The van der Waals surface area contributed by atoms with E-state index < -0.39 is 0 Å². The Morgan fingerprint density at radius 1 is 1.70 bits per heavy atom. The predicted octanol–water partition coefficient (Wildman–Crippen LogP) is 0.744. The average Bonchev–Trinajstić information content (AvgIpc) is 1.87. The first-order chi connectivity index (χ1) is 4.59. The van der Waals surface area contributed by atoms with Crippen LogP contribution in [0.15, 0.2) is 4.47 Å². The van der Waals surface area contributed by atoms with Crippen molar-refractivity contribution in [1.29, 1.82) is 0 Å². The Morgan fingerprint density at radius 3 is 2.50 bits per heavy atom. The average molecular weight is 178 g/mol. The minimum Gasteiger partial charge on any atom is -0.273 e. The van der Waals surface area contributed by atoms with Gasteiger partial charge in [-0.25, -0.2) is 5.01 Å². The molecule has 0 atom stereocenters. The smallest absolute Gasteiger partial charge is 0.245 e. The lowest BCUT2D eigenvalue weighted by Gasteiger charge is -2.10. The molecule has 0 saturated heterocycles. The molecule has 58 valence electrons. The second-order valence-corrected chi connectivity index (χ2v) is 2.93. The maximum atomic E-state index is 11.0. The molecule has 0 bridgehead atoms. The van der Waals surface area contributed by atoms with Crippen LogP contribution >= 0.6 is 0 Å². The van der Waals surface area contributed by atoms with Crippen LogP contribution in [0.4, 0.5) is 0 Å². The normalized spacial score (nSPS) is 9.20. The van der Waals surface area contributed by atoms with Crippen molar-refractivity contribution in [3.05, 3.63) is 0 Å². The molecule has 1 amide bonds. The number of nitrogens with zero attached hydrogens (tertiary/aromatic N) is 2. The van der Waals surface area contributed by atoms with Gasteiger partial charge in [0.2, 0.25) is 5.91 Å². The summed E-state index contributed by atoms with van der Waals surface area (Å²) < 4.78 is 3.66. The van der Waals surface area contributed by atoms with E-state index in [2.05, 4.69) is 15.7 Å². The summed E-state index contributed by atoms with van der Waals surface area (Å²) in [6.45, 7) is 3.64. The van der Waals surface area contributed by atoms with E-state index >= 15 is 0 Å². The Balaban J connectivity index is 4.07. The molecule has 0 rings (SSSR count). The Hall–Kier alpha value is -0.290. The molecule has 0 aromatic carbocycles. The number of carbonyl (C=O) groups excluding carboxylic acids is 1. The van der Waals surface area contributed by atoms with Crippen LogP contribution in [0.5, 0.6) is 0 Å². The fourth-order valence-electron chi connectivity index (χ4n) is 0.464. The highest BCUT2D eigenvalue weighted by atomic mass is 32.8. The Kier molecular flexibility index (Phi) is 4.38. The van der Waals surface area contributed by atoms with E-state index in [0.29, 0.717) is 0 Å². The van der Waals surface area contributed by atoms with Gasteiger partial charge in [-0.1, -0.05) is 18.3 Å². The molecule has 5 heteroatoms. The molecule has 0 aliphatic heterocycles. The number of hydrogen-bond donors (Lipinski definition) is 0. The fourth-order valence-corrected chi connectivity index (χ4v) is 0.944. The van der Waals surface area contributed by atoms with Gasteiger partial charge >= 0.3 is 0 Å². The van der Waals surface area contributed by atoms with Crippen LogP contribution in [0, 0.1) is 5.92 Å². The fraction of sp³-hybridized carbons (Fsp3) is 0.800. The summed E-state index contributed by atoms with van der Waals surface area (Å²) in [5.41, 5.74) is 0. The van der Waals surface area contributed by atoms with Crippen molar-refractivity contribution < 1.29 is 4.79 Å². The molecule has 0 heterocycles. The van der Waals surface area contributed by atoms with Crippen molar-refractivity contribution >= 4 is 27.2 Å². The van der Waals surface area contributed by atoms with Crippen LogP contribution in [0.2, 0.25) is 0 Å². The maximum absolute atomic E-state index is 11.0. The lowest BCUT2D eigenvalue weighted by molar-refractivity contribution is -0.132. The zero-order valence-electron chi connectivity index (χ0n) is 6.20. The van der Waals surface area contributed by atoms with E-state index in [4.69, 9.17) is 0 Å². The first-order valence-electron chi connectivity index (χ1n) is 2.87. The molecular formula is C5H10N2OS2. The molecule has 0 N–H and O–H groups in total. The molecule has 10 heavy (non-hydrogen) atoms. The van der Waals surface area contributed by atoms with Crippen LogP contribution in [0.25, 0.3) is 0 Å². The lowest BCUT2D eigenvalue weighted by Crippen LogP contribution is -2.25. The summed E-state index contributed by atoms with van der Waals surface area (Å²) in [4.78, 5) is 11.0. The number of rotatable bonds is 2. The SMILES string of the molecule is CC(C)C(=O)N(C)N=S=S. The predicted molar refractivity (Wildman–Crippen MR) is 44.8 cm³/mol. The summed E-state index contributed by atoms with van der Waals surface area (Å²) in [6, 6.07) is 0. The van der Waals surface area contributed by atoms with E-state index in [1.165, 1.54) is 5.01 Å². The third-order valence-electron chi connectivity index (χ3n) is 0.969.